The SMILES string of the molecule is CCCCCCCC(=O)C1C(=O)COC1=O. The number of carbonyl (C=O) groups excluding carboxylic acids is 3. The first-order chi connectivity index (χ1) is 7.66. The molecular formula is C12H18O4. The summed E-state index contributed by atoms with van der Waals surface area (Å²) in [6, 6.07) is 0. The summed E-state index contributed by atoms with van der Waals surface area (Å²) in [5.41, 5.74) is 0. The molecule has 1 atom stereocenters. The van der Waals surface area contributed by atoms with Crippen LogP contribution in [0.25, 0.3) is 0 Å². The van der Waals surface area contributed by atoms with E-state index in [1.54, 1.807) is 0 Å². The minimum absolute atomic E-state index is 0.231. The van der Waals surface area contributed by atoms with Crippen LogP contribution in [0, 0.1) is 5.92 Å². The van der Waals surface area contributed by atoms with Gasteiger partial charge in [-0.2, -0.15) is 0 Å². The number of esters is 1. The Morgan fingerprint density at radius 1 is 1.25 bits per heavy atom. The molecule has 1 rings (SSSR count). The molecule has 0 aromatic rings. The standard InChI is InChI=1S/C12H18O4/c1-2-3-4-5-6-7-9(13)11-10(14)8-16-12(11)15/h11H,2-8H2,1H3. The van der Waals surface area contributed by atoms with Gasteiger partial charge in [0.25, 0.3) is 0 Å². The van der Waals surface area contributed by atoms with Gasteiger partial charge in [-0.25, -0.2) is 0 Å². The molecule has 0 aliphatic carbocycles. The molecule has 0 bridgehead atoms. The number of ether oxygens (including phenoxy) is 1. The van der Waals surface area contributed by atoms with Crippen molar-refractivity contribution in [3.63, 3.8) is 0 Å². The maximum atomic E-state index is 11.6. The third-order valence-electron chi connectivity index (χ3n) is 2.76. The topological polar surface area (TPSA) is 60.4 Å². The average Bonchev–Trinajstić information content (AvgIpc) is 2.58. The lowest BCUT2D eigenvalue weighted by atomic mass is 9.97. The summed E-state index contributed by atoms with van der Waals surface area (Å²) >= 11 is 0. The van der Waals surface area contributed by atoms with E-state index in [1.807, 2.05) is 0 Å². The van der Waals surface area contributed by atoms with Gasteiger partial charge in [0.1, 0.15) is 0 Å². The number of hydrogen-bond donors (Lipinski definition) is 0. The number of unbranched alkanes of at least 4 members (excludes halogenated alkanes) is 4. The fourth-order valence-corrected chi connectivity index (χ4v) is 1.80. The van der Waals surface area contributed by atoms with Crippen molar-refractivity contribution in [2.45, 2.75) is 45.4 Å². The van der Waals surface area contributed by atoms with Crippen molar-refractivity contribution in [1.29, 1.82) is 0 Å². The van der Waals surface area contributed by atoms with E-state index >= 15 is 0 Å². The van der Waals surface area contributed by atoms with Crippen molar-refractivity contribution in [2.24, 2.45) is 5.92 Å². The van der Waals surface area contributed by atoms with E-state index in [4.69, 9.17) is 0 Å². The molecule has 0 aromatic heterocycles. The normalized spacial score (nSPS) is 19.9. The molecule has 0 spiro atoms. The molecule has 0 amide bonds. The van der Waals surface area contributed by atoms with Gasteiger partial charge in [-0.1, -0.05) is 32.6 Å². The van der Waals surface area contributed by atoms with Crippen LogP contribution in [0.1, 0.15) is 45.4 Å². The van der Waals surface area contributed by atoms with Gasteiger partial charge in [0, 0.05) is 6.42 Å². The summed E-state index contributed by atoms with van der Waals surface area (Å²) in [5, 5.41) is 0. The van der Waals surface area contributed by atoms with E-state index in [0.717, 1.165) is 25.7 Å². The molecule has 4 heteroatoms. The van der Waals surface area contributed by atoms with Crippen LogP contribution in [-0.4, -0.2) is 24.1 Å². The molecule has 16 heavy (non-hydrogen) atoms. The molecule has 0 aromatic carbocycles. The van der Waals surface area contributed by atoms with Crippen LogP contribution in [0.3, 0.4) is 0 Å². The minimum atomic E-state index is -1.12. The Kier molecular flexibility index (Phi) is 5.15. The second-order valence-corrected chi connectivity index (χ2v) is 4.14. The highest BCUT2D eigenvalue weighted by Gasteiger charge is 2.40. The summed E-state index contributed by atoms with van der Waals surface area (Å²) in [6.07, 6.45) is 5.48. The molecule has 1 saturated heterocycles. The fraction of sp³-hybridized carbons (Fsp3) is 0.750. The fourth-order valence-electron chi connectivity index (χ4n) is 1.80. The first-order valence-corrected chi connectivity index (χ1v) is 5.89. The number of rotatable bonds is 7. The van der Waals surface area contributed by atoms with Crippen molar-refractivity contribution in [2.75, 3.05) is 6.61 Å². The largest absolute Gasteiger partial charge is 0.457 e. The number of carbonyl (C=O) groups is 3. The zero-order valence-electron chi connectivity index (χ0n) is 9.66. The Hall–Kier alpha value is -1.19. The summed E-state index contributed by atoms with van der Waals surface area (Å²) in [6.45, 7) is 1.89. The van der Waals surface area contributed by atoms with Gasteiger partial charge >= 0.3 is 5.97 Å². The van der Waals surface area contributed by atoms with Gasteiger partial charge in [-0.3, -0.25) is 14.4 Å². The van der Waals surface area contributed by atoms with Gasteiger partial charge in [0.05, 0.1) is 0 Å². The molecule has 90 valence electrons. The van der Waals surface area contributed by atoms with Crippen LogP contribution in [0.4, 0.5) is 0 Å². The molecule has 1 fully saturated rings. The van der Waals surface area contributed by atoms with Crippen molar-refractivity contribution in [1.82, 2.24) is 0 Å². The number of cyclic esters (lactones) is 1. The lowest BCUT2D eigenvalue weighted by Crippen LogP contribution is -2.25. The van der Waals surface area contributed by atoms with E-state index in [9.17, 15) is 14.4 Å². The van der Waals surface area contributed by atoms with Crippen LogP contribution in [0.15, 0.2) is 0 Å². The van der Waals surface area contributed by atoms with Crippen molar-refractivity contribution in [3.8, 4) is 0 Å². The number of hydrogen-bond acceptors (Lipinski definition) is 4. The van der Waals surface area contributed by atoms with Crippen LogP contribution in [0.5, 0.6) is 0 Å². The molecule has 1 aliphatic heterocycles. The van der Waals surface area contributed by atoms with E-state index in [0.29, 0.717) is 6.42 Å². The Bertz CT molecular complexity index is 267. The molecule has 0 N–H and O–H groups in total. The van der Waals surface area contributed by atoms with Gasteiger partial charge in [-0.05, 0) is 6.42 Å². The lowest BCUT2D eigenvalue weighted by molar-refractivity contribution is -0.144. The van der Waals surface area contributed by atoms with Crippen LogP contribution in [-0.2, 0) is 19.1 Å². The van der Waals surface area contributed by atoms with E-state index in [2.05, 4.69) is 11.7 Å². The van der Waals surface area contributed by atoms with Crippen molar-refractivity contribution >= 4 is 17.5 Å². The highest BCUT2D eigenvalue weighted by atomic mass is 16.5. The van der Waals surface area contributed by atoms with Gasteiger partial charge in [0.15, 0.2) is 24.1 Å². The molecule has 0 radical (unpaired) electrons. The van der Waals surface area contributed by atoms with E-state index in [1.165, 1.54) is 6.42 Å². The first kappa shape index (κ1) is 12.9. The highest BCUT2D eigenvalue weighted by molar-refractivity contribution is 6.20. The molecule has 4 nitrogen and oxygen atoms in total. The smallest absolute Gasteiger partial charge is 0.324 e. The Labute approximate surface area is 95.3 Å². The summed E-state index contributed by atoms with van der Waals surface area (Å²) in [7, 11) is 0. The minimum Gasteiger partial charge on any atom is -0.457 e. The van der Waals surface area contributed by atoms with Crippen LogP contribution in [0.2, 0.25) is 0 Å². The molecule has 1 aliphatic rings. The van der Waals surface area contributed by atoms with Crippen molar-refractivity contribution < 1.29 is 19.1 Å². The summed E-state index contributed by atoms with van der Waals surface area (Å²) in [5.74, 6) is -2.44. The monoisotopic (exact) mass is 226 g/mol. The Morgan fingerprint density at radius 2 is 1.94 bits per heavy atom. The summed E-state index contributed by atoms with van der Waals surface area (Å²) < 4.78 is 4.53. The van der Waals surface area contributed by atoms with Gasteiger partial charge < -0.3 is 4.74 Å². The predicted octanol–water partition coefficient (Wildman–Crippen LogP) is 1.66. The number of ketones is 2. The highest BCUT2D eigenvalue weighted by Crippen LogP contribution is 2.16. The molecule has 0 saturated carbocycles. The predicted molar refractivity (Wildman–Crippen MR) is 57.8 cm³/mol. The molecular weight excluding hydrogens is 208 g/mol. The Balaban J connectivity index is 2.24. The molecule has 1 heterocycles. The van der Waals surface area contributed by atoms with Crippen LogP contribution >= 0.6 is 0 Å². The quantitative estimate of drug-likeness (QED) is 0.376. The zero-order valence-corrected chi connectivity index (χ0v) is 9.66. The zero-order chi connectivity index (χ0) is 12.0. The maximum absolute atomic E-state index is 11.6. The second-order valence-electron chi connectivity index (χ2n) is 4.14. The van der Waals surface area contributed by atoms with E-state index < -0.39 is 11.9 Å². The van der Waals surface area contributed by atoms with Crippen molar-refractivity contribution in [3.05, 3.63) is 0 Å². The third kappa shape index (κ3) is 3.43. The number of Topliss-reactive ketones (excluding diaryl/α,β-unsaturated/α-hetero) is 2. The molecule has 1 unspecified atom stereocenters. The maximum Gasteiger partial charge on any atom is 0.324 e. The second kappa shape index (κ2) is 6.40. The van der Waals surface area contributed by atoms with Gasteiger partial charge in [0.2, 0.25) is 0 Å². The van der Waals surface area contributed by atoms with Gasteiger partial charge in [-0.15, -0.1) is 0 Å². The summed E-state index contributed by atoms with van der Waals surface area (Å²) in [4.78, 5) is 33.9. The first-order valence-electron chi connectivity index (χ1n) is 5.89. The lowest BCUT2D eigenvalue weighted by Gasteiger charge is -2.03. The third-order valence-corrected chi connectivity index (χ3v) is 2.76. The Morgan fingerprint density at radius 3 is 2.50 bits per heavy atom. The van der Waals surface area contributed by atoms with Crippen LogP contribution < -0.4 is 0 Å². The average molecular weight is 226 g/mol. The van der Waals surface area contributed by atoms with E-state index in [-0.39, 0.29) is 18.2 Å².